The van der Waals surface area contributed by atoms with E-state index in [1.54, 1.807) is 51.3 Å². The lowest BCUT2D eigenvalue weighted by molar-refractivity contribution is -0.160. The number of carbonyl (C=O) groups is 4. The number of ketones is 1. The molecule has 0 aliphatic carbocycles. The van der Waals surface area contributed by atoms with Crippen LogP contribution in [0.3, 0.4) is 0 Å². The number of aliphatic hydroxyl groups excluding tert-OH is 2. The van der Waals surface area contributed by atoms with Crippen molar-refractivity contribution in [1.29, 1.82) is 0 Å². The second-order valence-electron chi connectivity index (χ2n) is 15.8. The molecule has 9 atom stereocenters. The number of aryl methyl sites for hydroxylation is 1. The highest BCUT2D eigenvalue weighted by molar-refractivity contribution is 6.31. The minimum absolute atomic E-state index is 0.0159. The monoisotopic (exact) mass is 820 g/mol. The zero-order valence-electron chi connectivity index (χ0n) is 35.6. The van der Waals surface area contributed by atoms with E-state index in [1.807, 2.05) is 6.92 Å². The van der Waals surface area contributed by atoms with E-state index in [-0.39, 0.29) is 61.9 Å². The molecular weight excluding hydrogens is 764 g/mol. The Bertz CT molecular complexity index is 2290. The van der Waals surface area contributed by atoms with Crippen LogP contribution < -0.4 is 10.1 Å². The number of amides is 1. The molecule has 0 fully saturated rings. The number of rotatable bonds is 4. The summed E-state index contributed by atoms with van der Waals surface area (Å²) in [5.74, 6) is -8.30. The second-order valence-corrected chi connectivity index (χ2v) is 15.8. The molecule has 3 heterocycles. The van der Waals surface area contributed by atoms with Crippen molar-refractivity contribution in [2.45, 2.75) is 106 Å². The van der Waals surface area contributed by atoms with Crippen molar-refractivity contribution in [3.63, 3.8) is 0 Å². The number of fused-ring (bicyclic) bond motifs is 1. The number of aliphatic hydroxyl groups is 2. The van der Waals surface area contributed by atoms with E-state index in [2.05, 4.69) is 5.32 Å². The number of hydrogen-bond donors (Lipinski definition) is 5. The van der Waals surface area contributed by atoms with Gasteiger partial charge in [-0.25, -0.2) is 4.79 Å². The third-order valence-corrected chi connectivity index (χ3v) is 12.0. The highest BCUT2D eigenvalue weighted by atomic mass is 16.7. The zero-order chi connectivity index (χ0) is 44.0. The maximum atomic E-state index is 14.7. The number of aromatic hydroxyl groups is 2. The van der Waals surface area contributed by atoms with Crippen molar-refractivity contribution in [1.82, 2.24) is 4.57 Å². The molecule has 1 aromatic heterocycles. The van der Waals surface area contributed by atoms with Gasteiger partial charge in [-0.1, -0.05) is 45.9 Å². The smallest absolute Gasteiger partial charge is 0.340 e. The van der Waals surface area contributed by atoms with Crippen molar-refractivity contribution >= 4 is 51.0 Å². The summed E-state index contributed by atoms with van der Waals surface area (Å²) in [6.45, 7) is 16.3. The van der Waals surface area contributed by atoms with Crippen molar-refractivity contribution < 1.29 is 63.3 Å². The number of benzene rings is 2. The SMILES string of the molecule is CCn1c(C)c(C(=O)OC)c2c3c(O)c4c(O)c(C)c5c(c4c21)C(=O)[C@@](C)(OC=C[C@H](OC)[C@H](C)[C@H](OC(C)=O)[C@H](C)[C@H](O)[C@H](C)[C@@H](O)[C@H](C)C=CC=C(C)C(=O)N3)O5. The molecule has 15 nitrogen and oxygen atoms in total. The van der Waals surface area contributed by atoms with Crippen molar-refractivity contribution in [2.75, 3.05) is 19.5 Å². The van der Waals surface area contributed by atoms with E-state index >= 15 is 0 Å². The average Bonchev–Trinajstić information content (AvgIpc) is 3.64. The Morgan fingerprint density at radius 2 is 1.59 bits per heavy atom. The Hall–Kier alpha value is -5.38. The minimum atomic E-state index is -2.02. The first kappa shape index (κ1) is 44.7. The molecule has 3 aromatic rings. The van der Waals surface area contributed by atoms with Gasteiger partial charge in [-0.05, 0) is 33.8 Å². The summed E-state index contributed by atoms with van der Waals surface area (Å²) in [7, 11) is 2.64. The van der Waals surface area contributed by atoms with Crippen LogP contribution in [0.15, 0.2) is 36.1 Å². The van der Waals surface area contributed by atoms with Crippen LogP contribution in [-0.2, 0) is 35.1 Å². The Balaban J connectivity index is 1.82. The molecule has 2 aliphatic rings. The second kappa shape index (κ2) is 17.1. The number of allylic oxidation sites excluding steroid dienone is 2. The van der Waals surface area contributed by atoms with Gasteiger partial charge in [0.15, 0.2) is 5.75 Å². The number of anilines is 1. The zero-order valence-corrected chi connectivity index (χ0v) is 35.6. The van der Waals surface area contributed by atoms with Gasteiger partial charge in [0.2, 0.25) is 0 Å². The molecule has 4 bridgehead atoms. The van der Waals surface area contributed by atoms with E-state index in [1.165, 1.54) is 60.3 Å². The lowest BCUT2D eigenvalue weighted by atomic mass is 9.78. The standard InChI is InChI=1S/C44H56N2O13/c1-13-46-25(8)28(43(54)56-12)30-33-38(51)31-29(34(30)46)32-40(24(7)37(31)50)59-44(10,41(32)52)57-18-17-27(55-11)21(4)39(58-26(9)47)23(6)36(49)22(5)35(48)19(2)15-14-16-20(3)42(53)45-33/h14-19,21-23,27,35-36,39,48-51H,13H2,1-12H3,(H,45,53)/t19-,21+,22-,23-,27+,35+,36-,39+,44+/m1/s1. The maximum Gasteiger partial charge on any atom is 0.340 e. The van der Waals surface area contributed by atoms with Crippen molar-refractivity contribution in [2.24, 2.45) is 23.7 Å². The number of aromatic nitrogens is 1. The minimum Gasteiger partial charge on any atom is -0.507 e. The molecular formula is C44H56N2O13. The Labute approximate surface area is 343 Å². The first-order valence-electron chi connectivity index (χ1n) is 19.6. The summed E-state index contributed by atoms with van der Waals surface area (Å²) in [5.41, 5.74) is 0.689. The van der Waals surface area contributed by atoms with Crippen LogP contribution >= 0.6 is 0 Å². The Kier molecular flexibility index (Phi) is 12.9. The van der Waals surface area contributed by atoms with Gasteiger partial charge in [-0.3, -0.25) is 14.4 Å². The molecule has 5 N–H and O–H groups in total. The summed E-state index contributed by atoms with van der Waals surface area (Å²) in [5, 5.41) is 49.5. The summed E-state index contributed by atoms with van der Waals surface area (Å²) in [6.07, 6.45) is 3.60. The van der Waals surface area contributed by atoms with Crippen LogP contribution in [0.1, 0.15) is 87.4 Å². The molecule has 320 valence electrons. The molecule has 5 rings (SSSR count). The van der Waals surface area contributed by atoms with E-state index < -0.39 is 89.0 Å². The number of methoxy groups -OCH3 is 2. The number of phenolic OH excluding ortho intramolecular Hbond substituents is 2. The largest absolute Gasteiger partial charge is 0.507 e. The lowest BCUT2D eigenvalue weighted by Gasteiger charge is -2.38. The molecule has 15 heteroatoms. The van der Waals surface area contributed by atoms with Crippen LogP contribution in [-0.4, -0.2) is 93.0 Å². The van der Waals surface area contributed by atoms with Crippen molar-refractivity contribution in [3.8, 4) is 17.2 Å². The van der Waals surface area contributed by atoms with E-state index in [0.29, 0.717) is 5.69 Å². The van der Waals surface area contributed by atoms with Crippen LogP contribution in [0.5, 0.6) is 17.2 Å². The molecule has 0 radical (unpaired) electrons. The number of nitrogens with zero attached hydrogens (tertiary/aromatic N) is 1. The predicted octanol–water partition coefficient (Wildman–Crippen LogP) is 6.12. The highest BCUT2D eigenvalue weighted by Gasteiger charge is 2.50. The fourth-order valence-electron chi connectivity index (χ4n) is 8.47. The summed E-state index contributed by atoms with van der Waals surface area (Å²) in [4.78, 5) is 54.5. The van der Waals surface area contributed by atoms with Gasteiger partial charge in [0.1, 0.15) is 17.6 Å². The molecule has 2 aliphatic heterocycles. The molecule has 2 aromatic carbocycles. The van der Waals surface area contributed by atoms with Gasteiger partial charge >= 0.3 is 17.7 Å². The highest BCUT2D eigenvalue weighted by Crippen LogP contribution is 2.55. The fourth-order valence-corrected chi connectivity index (χ4v) is 8.47. The summed E-state index contributed by atoms with van der Waals surface area (Å²) < 4.78 is 30.7. The number of hydrogen-bond acceptors (Lipinski definition) is 13. The Morgan fingerprint density at radius 3 is 2.19 bits per heavy atom. The predicted molar refractivity (Wildman–Crippen MR) is 219 cm³/mol. The van der Waals surface area contributed by atoms with Crippen LogP contribution in [0, 0.1) is 37.5 Å². The number of ether oxygens (including phenoxy) is 5. The van der Waals surface area contributed by atoms with Crippen molar-refractivity contribution in [3.05, 3.63) is 58.5 Å². The van der Waals surface area contributed by atoms with Crippen LogP contribution in [0.4, 0.5) is 5.69 Å². The number of Topliss-reactive ketones (excluding diaryl/α,β-unsaturated/α-hetero) is 1. The van der Waals surface area contributed by atoms with Gasteiger partial charge in [-0.15, -0.1) is 0 Å². The van der Waals surface area contributed by atoms with Gasteiger partial charge in [0.05, 0.1) is 59.4 Å². The number of nitrogens with one attached hydrogen (secondary N) is 1. The number of carbonyl (C=O) groups excluding carboxylic acids is 4. The molecule has 0 spiro atoms. The summed E-state index contributed by atoms with van der Waals surface area (Å²) in [6, 6.07) is 0. The fraction of sp³-hybridized carbons (Fsp3) is 0.500. The van der Waals surface area contributed by atoms with Crippen LogP contribution in [0.2, 0.25) is 0 Å². The number of phenols is 2. The molecule has 59 heavy (non-hydrogen) atoms. The van der Waals surface area contributed by atoms with E-state index in [9.17, 15) is 39.6 Å². The van der Waals surface area contributed by atoms with E-state index in [0.717, 1.165) is 0 Å². The van der Waals surface area contributed by atoms with Gasteiger partial charge < -0.3 is 54.0 Å². The lowest BCUT2D eigenvalue weighted by Crippen LogP contribution is -2.46. The third-order valence-electron chi connectivity index (χ3n) is 12.0. The van der Waals surface area contributed by atoms with Gasteiger partial charge in [-0.2, -0.15) is 0 Å². The first-order chi connectivity index (χ1) is 27.7. The first-order valence-corrected chi connectivity index (χ1v) is 19.6. The van der Waals surface area contributed by atoms with Crippen LogP contribution in [0.25, 0.3) is 21.7 Å². The quantitative estimate of drug-likeness (QED) is 0.149. The third kappa shape index (κ3) is 7.67. The topological polar surface area (TPSA) is 212 Å². The Morgan fingerprint density at radius 1 is 0.932 bits per heavy atom. The molecule has 0 saturated heterocycles. The van der Waals surface area contributed by atoms with Gasteiger partial charge in [0, 0.05) is 78.8 Å². The van der Waals surface area contributed by atoms with E-state index in [4.69, 9.17) is 23.7 Å². The molecule has 0 saturated carbocycles. The summed E-state index contributed by atoms with van der Waals surface area (Å²) >= 11 is 0. The molecule has 1 amide bonds. The van der Waals surface area contributed by atoms with Gasteiger partial charge in [0.25, 0.3) is 11.7 Å². The number of esters is 2. The maximum absolute atomic E-state index is 14.7. The normalized spacial score (nSPS) is 28.1. The average molecular weight is 821 g/mol. The molecule has 0 unspecified atom stereocenters.